The highest BCUT2D eigenvalue weighted by atomic mass is 19.1. The lowest BCUT2D eigenvalue weighted by molar-refractivity contribution is -0.129. The molecule has 0 bridgehead atoms. The molecule has 9 heteroatoms. The average Bonchev–Trinajstić information content (AvgIpc) is 2.89. The number of carboxylic acids is 1. The van der Waals surface area contributed by atoms with Crippen molar-refractivity contribution in [3.63, 3.8) is 0 Å². The molecule has 38 heavy (non-hydrogen) atoms. The maximum absolute atomic E-state index is 15.4. The first-order valence-corrected chi connectivity index (χ1v) is 11.9. The average molecular weight is 526 g/mol. The lowest BCUT2D eigenvalue weighted by Crippen LogP contribution is -2.18. The van der Waals surface area contributed by atoms with Crippen LogP contribution in [-0.4, -0.2) is 37.6 Å². The minimum absolute atomic E-state index is 0.0223. The van der Waals surface area contributed by atoms with E-state index in [-0.39, 0.29) is 42.3 Å². The van der Waals surface area contributed by atoms with Gasteiger partial charge in [0.15, 0.2) is 23.0 Å². The summed E-state index contributed by atoms with van der Waals surface area (Å²) in [4.78, 5) is 17.2. The third-order valence-corrected chi connectivity index (χ3v) is 5.23. The number of hydrogen-bond acceptors (Lipinski definition) is 7. The van der Waals surface area contributed by atoms with Crippen LogP contribution in [0.2, 0.25) is 0 Å². The summed E-state index contributed by atoms with van der Waals surface area (Å²) in [7, 11) is 3.14. The van der Waals surface area contributed by atoms with E-state index >= 15 is 4.39 Å². The largest absolute Gasteiger partial charge is 0.497 e. The number of methoxy groups -OCH3 is 2. The summed E-state index contributed by atoms with van der Waals surface area (Å²) in [5.41, 5.74) is 0.844. The third-order valence-electron chi connectivity index (χ3n) is 5.23. The van der Waals surface area contributed by atoms with Crippen molar-refractivity contribution in [1.82, 2.24) is 0 Å². The Bertz CT molecular complexity index is 1250. The summed E-state index contributed by atoms with van der Waals surface area (Å²) in [5.74, 6) is -0.936. The molecule has 0 atom stereocenters. The van der Waals surface area contributed by atoms with Crippen LogP contribution in [0.1, 0.15) is 37.5 Å². The second kappa shape index (κ2) is 12.8. The van der Waals surface area contributed by atoms with Crippen molar-refractivity contribution in [3.8, 4) is 23.0 Å². The third kappa shape index (κ3) is 8.12. The number of benzene rings is 3. The van der Waals surface area contributed by atoms with Crippen molar-refractivity contribution in [2.75, 3.05) is 20.8 Å². The van der Waals surface area contributed by atoms with Gasteiger partial charge in [0.05, 0.1) is 14.2 Å². The zero-order valence-corrected chi connectivity index (χ0v) is 22.1. The molecule has 0 heterocycles. The first-order chi connectivity index (χ1) is 18.1. The fourth-order valence-electron chi connectivity index (χ4n) is 3.22. The van der Waals surface area contributed by atoms with E-state index in [1.807, 2.05) is 20.8 Å². The smallest absolute Gasteiger partial charge is 0.358 e. The van der Waals surface area contributed by atoms with Gasteiger partial charge in [-0.1, -0.05) is 50.2 Å². The van der Waals surface area contributed by atoms with Gasteiger partial charge in [-0.15, -0.1) is 0 Å². The maximum atomic E-state index is 15.4. The number of oxime groups is 1. The molecule has 1 N–H and O–H groups in total. The van der Waals surface area contributed by atoms with Crippen molar-refractivity contribution in [3.05, 3.63) is 83.2 Å². The molecule has 0 aliphatic heterocycles. The van der Waals surface area contributed by atoms with Crippen LogP contribution in [0.4, 0.5) is 4.39 Å². The van der Waals surface area contributed by atoms with Gasteiger partial charge in [0.25, 0.3) is 0 Å². The van der Waals surface area contributed by atoms with Crippen molar-refractivity contribution < 1.29 is 38.1 Å². The molecule has 0 radical (unpaired) electrons. The molecule has 3 aromatic rings. The van der Waals surface area contributed by atoms with Gasteiger partial charge in [0.2, 0.25) is 0 Å². The van der Waals surface area contributed by atoms with Gasteiger partial charge in [0.1, 0.15) is 31.3 Å². The molecule has 0 unspecified atom stereocenters. The van der Waals surface area contributed by atoms with Crippen LogP contribution in [0.15, 0.2) is 65.8 Å². The number of aliphatic carboxylic acids is 1. The van der Waals surface area contributed by atoms with E-state index in [0.29, 0.717) is 11.5 Å². The number of hydrogen-bond donors (Lipinski definition) is 1. The number of ether oxygens (including phenoxy) is 4. The lowest BCUT2D eigenvalue weighted by atomic mass is 9.99. The highest BCUT2D eigenvalue weighted by Gasteiger charge is 2.22. The van der Waals surface area contributed by atoms with Crippen molar-refractivity contribution in [1.29, 1.82) is 0 Å². The van der Waals surface area contributed by atoms with E-state index in [1.54, 1.807) is 62.8 Å². The molecule has 0 fully saturated rings. The molecular formula is C29H32FNO7. The van der Waals surface area contributed by atoms with E-state index in [9.17, 15) is 9.90 Å². The van der Waals surface area contributed by atoms with Crippen molar-refractivity contribution in [2.24, 2.45) is 10.6 Å². The summed E-state index contributed by atoms with van der Waals surface area (Å²) in [5, 5.41) is 13.5. The van der Waals surface area contributed by atoms with Crippen LogP contribution in [0.3, 0.4) is 0 Å². The standard InChI is InChI=1S/C29H32FNO7/c1-29(2,3)18-38-31-26(28(32)33)21-14-24(30)27(37-17-20-8-12-23(35-5)13-9-20)25(15-21)36-16-19-6-10-22(34-4)11-7-19/h6-15H,16-18H2,1-5H3,(H,32,33)/b31-26-. The summed E-state index contributed by atoms with van der Waals surface area (Å²) < 4.78 is 37.4. The molecule has 0 amide bonds. The normalized spacial score (nSPS) is 11.6. The fraction of sp³-hybridized carbons (Fsp3) is 0.310. The molecule has 3 aromatic carbocycles. The predicted octanol–water partition coefficient (Wildman–Crippen LogP) is 5.85. The van der Waals surface area contributed by atoms with Gasteiger partial charge in [-0.05, 0) is 52.9 Å². The molecule has 0 saturated carbocycles. The minimum Gasteiger partial charge on any atom is -0.497 e. The number of carbonyl (C=O) groups is 1. The number of carboxylic acid groups (broad SMARTS) is 1. The molecule has 202 valence electrons. The molecule has 0 aliphatic carbocycles. The van der Waals surface area contributed by atoms with Gasteiger partial charge >= 0.3 is 5.97 Å². The van der Waals surface area contributed by atoms with E-state index in [2.05, 4.69) is 5.16 Å². The van der Waals surface area contributed by atoms with Crippen LogP contribution < -0.4 is 18.9 Å². The van der Waals surface area contributed by atoms with Gasteiger partial charge in [-0.2, -0.15) is 0 Å². The highest BCUT2D eigenvalue weighted by molar-refractivity contribution is 6.42. The second-order valence-corrected chi connectivity index (χ2v) is 9.64. The van der Waals surface area contributed by atoms with Crippen LogP contribution in [0, 0.1) is 11.2 Å². The second-order valence-electron chi connectivity index (χ2n) is 9.64. The zero-order chi connectivity index (χ0) is 27.7. The summed E-state index contributed by atoms with van der Waals surface area (Å²) in [6.45, 7) is 6.06. The van der Waals surface area contributed by atoms with Crippen molar-refractivity contribution in [2.45, 2.75) is 34.0 Å². The Hall–Kier alpha value is -4.27. The van der Waals surface area contributed by atoms with Gasteiger partial charge in [0, 0.05) is 5.56 Å². The molecule has 0 aromatic heterocycles. The SMILES string of the molecule is COc1ccc(COc2cc(/C(=N/OCC(C)(C)C)C(=O)O)cc(F)c2OCc2ccc(OC)cc2)cc1. The molecule has 0 spiro atoms. The van der Waals surface area contributed by atoms with E-state index in [0.717, 1.165) is 17.2 Å². The molecule has 0 saturated heterocycles. The van der Waals surface area contributed by atoms with E-state index < -0.39 is 17.5 Å². The molecule has 8 nitrogen and oxygen atoms in total. The Morgan fingerprint density at radius 1 is 0.868 bits per heavy atom. The number of halogens is 1. The Morgan fingerprint density at radius 3 is 1.87 bits per heavy atom. The van der Waals surface area contributed by atoms with Gasteiger partial charge < -0.3 is 28.9 Å². The highest BCUT2D eigenvalue weighted by Crippen LogP contribution is 2.34. The minimum atomic E-state index is -1.37. The summed E-state index contributed by atoms with van der Waals surface area (Å²) >= 11 is 0. The van der Waals surface area contributed by atoms with Gasteiger partial charge in [-0.3, -0.25) is 0 Å². The first-order valence-electron chi connectivity index (χ1n) is 11.9. The first kappa shape index (κ1) is 28.3. The monoisotopic (exact) mass is 525 g/mol. The fourth-order valence-corrected chi connectivity index (χ4v) is 3.22. The van der Waals surface area contributed by atoms with Crippen LogP contribution >= 0.6 is 0 Å². The summed E-state index contributed by atoms with van der Waals surface area (Å²) in [6.07, 6.45) is 0. The zero-order valence-electron chi connectivity index (χ0n) is 22.1. The van der Waals surface area contributed by atoms with Crippen LogP contribution in [-0.2, 0) is 22.8 Å². The lowest BCUT2D eigenvalue weighted by Gasteiger charge is -2.17. The molecule has 3 rings (SSSR count). The van der Waals surface area contributed by atoms with E-state index in [4.69, 9.17) is 23.8 Å². The predicted molar refractivity (Wildman–Crippen MR) is 141 cm³/mol. The summed E-state index contributed by atoms with van der Waals surface area (Å²) in [6, 6.07) is 16.7. The topological polar surface area (TPSA) is 95.8 Å². The number of nitrogens with zero attached hydrogens (tertiary/aromatic N) is 1. The Kier molecular flexibility index (Phi) is 9.54. The Balaban J connectivity index is 1.92. The Labute approximate surface area is 221 Å². The maximum Gasteiger partial charge on any atom is 0.358 e. The van der Waals surface area contributed by atoms with Crippen molar-refractivity contribution >= 4 is 11.7 Å². The van der Waals surface area contributed by atoms with Crippen LogP contribution in [0.25, 0.3) is 0 Å². The van der Waals surface area contributed by atoms with E-state index in [1.165, 1.54) is 6.07 Å². The molecular weight excluding hydrogens is 493 g/mol. The quantitative estimate of drug-likeness (QED) is 0.234. The molecule has 0 aliphatic rings. The van der Waals surface area contributed by atoms with Gasteiger partial charge in [-0.25, -0.2) is 9.18 Å². The van der Waals surface area contributed by atoms with Crippen LogP contribution in [0.5, 0.6) is 23.0 Å². The number of rotatable bonds is 12. The Morgan fingerprint density at radius 2 is 1.39 bits per heavy atom.